The van der Waals surface area contributed by atoms with E-state index >= 15 is 0 Å². The van der Waals surface area contributed by atoms with Crippen LogP contribution in [-0.4, -0.2) is 41.0 Å². The first kappa shape index (κ1) is 23.4. The van der Waals surface area contributed by atoms with Crippen LogP contribution < -0.4 is 0 Å². The molecule has 0 aliphatic carbocycles. The summed E-state index contributed by atoms with van der Waals surface area (Å²) in [6, 6.07) is 19.4. The highest BCUT2D eigenvalue weighted by molar-refractivity contribution is 6.04. The van der Waals surface area contributed by atoms with Crippen molar-refractivity contribution in [3.05, 3.63) is 106 Å². The molecule has 1 atom stereocenters. The minimum absolute atomic E-state index is 0.165. The number of halogens is 1. The molecule has 0 unspecified atom stereocenters. The van der Waals surface area contributed by atoms with Gasteiger partial charge in [-0.2, -0.15) is 5.10 Å². The number of carbonyl (C=O) groups excluding carboxylic acids is 2. The van der Waals surface area contributed by atoms with E-state index in [1.54, 1.807) is 0 Å². The summed E-state index contributed by atoms with van der Waals surface area (Å²) >= 11 is 0. The Morgan fingerprint density at radius 3 is 2.41 bits per heavy atom. The Balaban J connectivity index is 1.61. The molecule has 0 radical (unpaired) electrons. The lowest BCUT2D eigenvalue weighted by molar-refractivity contribution is -0.133. The minimum atomic E-state index is -0.493. The molecule has 0 bridgehead atoms. The number of hydrazone groups is 1. The maximum absolute atomic E-state index is 13.6. The number of aryl methyl sites for hydroxylation is 3. The van der Waals surface area contributed by atoms with Crippen LogP contribution in [0.15, 0.2) is 71.8 Å². The molecular formula is C28H28FN3O2. The van der Waals surface area contributed by atoms with E-state index in [-0.39, 0.29) is 24.1 Å². The number of hydrogen-bond donors (Lipinski definition) is 0. The van der Waals surface area contributed by atoms with Crippen molar-refractivity contribution in [1.29, 1.82) is 0 Å². The largest absolute Gasteiger partial charge is 0.332 e. The molecule has 0 spiro atoms. The van der Waals surface area contributed by atoms with Gasteiger partial charge >= 0.3 is 0 Å². The van der Waals surface area contributed by atoms with Crippen molar-refractivity contribution in [2.75, 3.05) is 13.6 Å². The van der Waals surface area contributed by atoms with E-state index in [1.165, 1.54) is 46.8 Å². The second-order valence-electron chi connectivity index (χ2n) is 8.89. The Kier molecular flexibility index (Phi) is 6.59. The first-order valence-electron chi connectivity index (χ1n) is 11.3. The molecule has 5 nitrogen and oxygen atoms in total. The van der Waals surface area contributed by atoms with E-state index in [4.69, 9.17) is 5.10 Å². The number of benzene rings is 3. The van der Waals surface area contributed by atoms with Crippen molar-refractivity contribution in [1.82, 2.24) is 9.91 Å². The number of nitrogens with zero attached hydrogens (tertiary/aromatic N) is 3. The zero-order chi connectivity index (χ0) is 24.4. The molecule has 6 heteroatoms. The third-order valence-electron chi connectivity index (χ3n) is 6.26. The van der Waals surface area contributed by atoms with Gasteiger partial charge in [0.05, 0.1) is 11.8 Å². The normalized spacial score (nSPS) is 15.3. The number of carbonyl (C=O) groups is 2. The predicted octanol–water partition coefficient (Wildman–Crippen LogP) is 5.20. The van der Waals surface area contributed by atoms with Gasteiger partial charge in [-0.05, 0) is 67.3 Å². The Bertz CT molecular complexity index is 1270. The predicted molar refractivity (Wildman–Crippen MR) is 131 cm³/mol. The van der Waals surface area contributed by atoms with Gasteiger partial charge in [0.15, 0.2) is 0 Å². The zero-order valence-corrected chi connectivity index (χ0v) is 19.9. The van der Waals surface area contributed by atoms with Crippen molar-refractivity contribution in [3.8, 4) is 0 Å². The van der Waals surface area contributed by atoms with Crippen LogP contribution in [0.3, 0.4) is 0 Å². The Morgan fingerprint density at radius 2 is 1.74 bits per heavy atom. The van der Waals surface area contributed by atoms with Gasteiger partial charge in [-0.3, -0.25) is 9.59 Å². The van der Waals surface area contributed by atoms with Crippen molar-refractivity contribution in [2.45, 2.75) is 33.2 Å². The van der Waals surface area contributed by atoms with E-state index in [9.17, 15) is 14.0 Å². The van der Waals surface area contributed by atoms with Gasteiger partial charge in [-0.25, -0.2) is 9.40 Å². The van der Waals surface area contributed by atoms with Gasteiger partial charge in [-0.15, -0.1) is 0 Å². The smallest absolute Gasteiger partial charge is 0.262 e. The molecule has 0 N–H and O–H groups in total. The average molecular weight is 458 g/mol. The molecule has 34 heavy (non-hydrogen) atoms. The number of amides is 2. The summed E-state index contributed by atoms with van der Waals surface area (Å²) in [5, 5.41) is 6.20. The lowest BCUT2D eigenvalue weighted by atomic mass is 9.96. The van der Waals surface area contributed by atoms with Crippen LogP contribution in [0.1, 0.15) is 50.6 Å². The quantitative estimate of drug-likeness (QED) is 0.529. The van der Waals surface area contributed by atoms with Gasteiger partial charge in [-0.1, -0.05) is 48.0 Å². The van der Waals surface area contributed by atoms with E-state index in [1.807, 2.05) is 37.3 Å². The van der Waals surface area contributed by atoms with Crippen LogP contribution in [-0.2, 0) is 4.79 Å². The van der Waals surface area contributed by atoms with Gasteiger partial charge in [0.1, 0.15) is 12.4 Å². The molecule has 0 saturated heterocycles. The number of rotatable bonds is 5. The van der Waals surface area contributed by atoms with Crippen molar-refractivity contribution >= 4 is 17.5 Å². The molecule has 1 aliphatic heterocycles. The number of hydrogen-bond acceptors (Lipinski definition) is 3. The van der Waals surface area contributed by atoms with E-state index in [0.717, 1.165) is 28.0 Å². The SMILES string of the molecule is Cc1ccc([C@H]2CC(c3ccc(C)c(C)c3)=NN2C(=O)CN(C)C(=O)c2cccc(F)c2)cc1. The van der Waals surface area contributed by atoms with Gasteiger partial charge in [0, 0.05) is 19.0 Å². The van der Waals surface area contributed by atoms with Gasteiger partial charge < -0.3 is 4.90 Å². The van der Waals surface area contributed by atoms with Crippen LogP contribution in [0.25, 0.3) is 0 Å². The molecule has 1 heterocycles. The first-order chi connectivity index (χ1) is 16.2. The monoisotopic (exact) mass is 457 g/mol. The molecule has 0 fully saturated rings. The van der Waals surface area contributed by atoms with Gasteiger partial charge in [0.2, 0.25) is 0 Å². The van der Waals surface area contributed by atoms with Crippen molar-refractivity contribution < 1.29 is 14.0 Å². The van der Waals surface area contributed by atoms with Crippen molar-refractivity contribution in [3.63, 3.8) is 0 Å². The summed E-state index contributed by atoms with van der Waals surface area (Å²) in [6.45, 7) is 5.97. The van der Waals surface area contributed by atoms with E-state index in [0.29, 0.717) is 6.42 Å². The Morgan fingerprint density at radius 1 is 1.00 bits per heavy atom. The van der Waals surface area contributed by atoms with E-state index < -0.39 is 11.7 Å². The molecule has 1 aliphatic rings. The first-order valence-corrected chi connectivity index (χ1v) is 11.3. The average Bonchev–Trinajstić information content (AvgIpc) is 3.26. The van der Waals surface area contributed by atoms with Crippen molar-refractivity contribution in [2.24, 2.45) is 5.10 Å². The molecule has 0 saturated carbocycles. The van der Waals surface area contributed by atoms with Crippen LogP contribution in [0.5, 0.6) is 0 Å². The molecule has 2 amide bonds. The molecule has 174 valence electrons. The minimum Gasteiger partial charge on any atom is -0.332 e. The Hall–Kier alpha value is -3.80. The Labute approximate surface area is 199 Å². The maximum atomic E-state index is 13.6. The second kappa shape index (κ2) is 9.59. The van der Waals surface area contributed by atoms with Crippen LogP contribution in [0.4, 0.5) is 4.39 Å². The summed E-state index contributed by atoms with van der Waals surface area (Å²) in [4.78, 5) is 27.4. The fourth-order valence-corrected chi connectivity index (χ4v) is 4.07. The van der Waals surface area contributed by atoms with Crippen LogP contribution in [0, 0.1) is 26.6 Å². The van der Waals surface area contributed by atoms with Crippen LogP contribution >= 0.6 is 0 Å². The fraction of sp³-hybridized carbons (Fsp3) is 0.250. The van der Waals surface area contributed by atoms with E-state index in [2.05, 4.69) is 26.0 Å². The second-order valence-corrected chi connectivity index (χ2v) is 8.89. The molecule has 3 aromatic rings. The highest BCUT2D eigenvalue weighted by Crippen LogP contribution is 2.33. The number of likely N-dealkylation sites (N-methyl/N-ethyl adjacent to an activating group) is 1. The standard InChI is InChI=1S/C28H28FN3O2/c1-18-8-11-21(12-9-18)26-16-25(22-13-10-19(2)20(3)14-22)30-32(26)27(33)17-31(4)28(34)23-6-5-7-24(29)15-23/h5-15,26H,16-17H2,1-4H3/t26-/m1/s1. The lowest BCUT2D eigenvalue weighted by Gasteiger charge is -2.25. The summed E-state index contributed by atoms with van der Waals surface area (Å²) in [5.41, 5.74) is 6.50. The fourth-order valence-electron chi connectivity index (χ4n) is 4.07. The lowest BCUT2D eigenvalue weighted by Crippen LogP contribution is -2.39. The highest BCUT2D eigenvalue weighted by atomic mass is 19.1. The summed E-state index contributed by atoms with van der Waals surface area (Å²) in [7, 11) is 1.54. The summed E-state index contributed by atoms with van der Waals surface area (Å²) in [5.74, 6) is -1.21. The third-order valence-corrected chi connectivity index (χ3v) is 6.26. The van der Waals surface area contributed by atoms with Gasteiger partial charge in [0.25, 0.3) is 11.8 Å². The third kappa shape index (κ3) is 4.91. The zero-order valence-electron chi connectivity index (χ0n) is 19.9. The molecule has 4 rings (SSSR count). The highest BCUT2D eigenvalue weighted by Gasteiger charge is 2.34. The summed E-state index contributed by atoms with van der Waals surface area (Å²) < 4.78 is 13.6. The molecular weight excluding hydrogens is 429 g/mol. The van der Waals surface area contributed by atoms with Crippen LogP contribution in [0.2, 0.25) is 0 Å². The topological polar surface area (TPSA) is 53.0 Å². The summed E-state index contributed by atoms with van der Waals surface area (Å²) in [6.07, 6.45) is 0.582. The maximum Gasteiger partial charge on any atom is 0.262 e. The molecule has 0 aromatic heterocycles. The molecule has 3 aromatic carbocycles.